The number of amides is 2. The maximum Gasteiger partial charge on any atom is 0.287 e. The molecular formula is C26H32N4O4. The molecule has 0 atom stereocenters. The number of furan rings is 1. The number of fused-ring (bicyclic) bond motifs is 1. The number of nitrogens with one attached hydrogen (secondary N) is 1. The highest BCUT2D eigenvalue weighted by Crippen LogP contribution is 2.41. The van der Waals surface area contributed by atoms with Gasteiger partial charge < -0.3 is 19.2 Å². The largest absolute Gasteiger partial charge is 0.459 e. The van der Waals surface area contributed by atoms with Crippen molar-refractivity contribution < 1.29 is 18.5 Å². The zero-order valence-electron chi connectivity index (χ0n) is 20.3. The Bertz CT molecular complexity index is 1220. The first kappa shape index (κ1) is 22.6. The van der Waals surface area contributed by atoms with Crippen molar-refractivity contribution in [2.75, 3.05) is 13.1 Å². The van der Waals surface area contributed by atoms with Crippen molar-refractivity contribution in [3.05, 3.63) is 46.7 Å². The lowest BCUT2D eigenvalue weighted by Gasteiger charge is -2.32. The maximum atomic E-state index is 13.7. The number of nitrogens with zero attached hydrogens (tertiary/aromatic N) is 3. The smallest absolute Gasteiger partial charge is 0.287 e. The number of aromatic nitrogens is 2. The number of aryl methyl sites for hydroxylation is 1. The summed E-state index contributed by atoms with van der Waals surface area (Å²) in [6.45, 7) is 9.43. The molecule has 1 aliphatic heterocycles. The van der Waals surface area contributed by atoms with E-state index in [2.05, 4.69) is 31.2 Å². The molecule has 8 nitrogen and oxygen atoms in total. The molecule has 1 aliphatic carbocycles. The number of piperidine rings is 1. The average Bonchev–Trinajstić information content (AvgIpc) is 3.44. The third-order valence-corrected chi connectivity index (χ3v) is 6.65. The van der Waals surface area contributed by atoms with Gasteiger partial charge in [0.25, 0.3) is 17.5 Å². The third kappa shape index (κ3) is 4.58. The van der Waals surface area contributed by atoms with E-state index in [1.165, 1.54) is 6.26 Å². The van der Waals surface area contributed by atoms with E-state index in [1.54, 1.807) is 6.07 Å². The molecule has 0 spiro atoms. The van der Waals surface area contributed by atoms with Crippen LogP contribution in [0.4, 0.5) is 0 Å². The molecule has 1 saturated heterocycles. The fourth-order valence-corrected chi connectivity index (χ4v) is 4.66. The molecule has 8 heteroatoms. The van der Waals surface area contributed by atoms with E-state index in [0.29, 0.717) is 55.3 Å². The molecule has 5 rings (SSSR count). The molecule has 2 fully saturated rings. The predicted octanol–water partition coefficient (Wildman–Crippen LogP) is 4.62. The van der Waals surface area contributed by atoms with Gasteiger partial charge in [-0.15, -0.1) is 0 Å². The molecule has 4 heterocycles. The highest BCUT2D eigenvalue weighted by molar-refractivity contribution is 6.06. The lowest BCUT2D eigenvalue weighted by atomic mass is 9.89. The molecule has 1 N–H and O–H groups in total. The van der Waals surface area contributed by atoms with Gasteiger partial charge in [-0.1, -0.05) is 25.9 Å². The van der Waals surface area contributed by atoms with Crippen LogP contribution in [0.3, 0.4) is 0 Å². The molecule has 0 unspecified atom stereocenters. The molecule has 3 aromatic rings. The van der Waals surface area contributed by atoms with Crippen LogP contribution >= 0.6 is 0 Å². The first-order chi connectivity index (χ1) is 16.2. The number of rotatable bonds is 5. The molecule has 2 amide bonds. The maximum absolute atomic E-state index is 13.7. The van der Waals surface area contributed by atoms with E-state index in [9.17, 15) is 9.59 Å². The summed E-state index contributed by atoms with van der Waals surface area (Å²) in [5, 5.41) is 8.09. The van der Waals surface area contributed by atoms with Gasteiger partial charge in [0.1, 0.15) is 0 Å². The summed E-state index contributed by atoms with van der Waals surface area (Å²) in [6.07, 6.45) is 5.80. The summed E-state index contributed by atoms with van der Waals surface area (Å²) in [6, 6.07) is 3.74. The number of likely N-dealkylation sites (tertiary alicyclic amines) is 1. The van der Waals surface area contributed by atoms with Crippen LogP contribution in [0, 0.1) is 12.3 Å². The number of hydrogen-bond acceptors (Lipinski definition) is 6. The molecule has 0 bridgehead atoms. The van der Waals surface area contributed by atoms with Crippen molar-refractivity contribution in [3.8, 4) is 0 Å². The Morgan fingerprint density at radius 3 is 2.53 bits per heavy atom. The Hall–Kier alpha value is -3.16. The van der Waals surface area contributed by atoms with Gasteiger partial charge >= 0.3 is 0 Å². The molecular weight excluding hydrogens is 432 g/mol. The third-order valence-electron chi connectivity index (χ3n) is 6.65. The summed E-state index contributed by atoms with van der Waals surface area (Å²) in [5.41, 5.74) is 3.63. The normalized spacial score (nSPS) is 17.4. The number of carbonyl (C=O) groups excluding carboxylic acids is 2. The molecule has 180 valence electrons. The zero-order chi connectivity index (χ0) is 24.0. The summed E-state index contributed by atoms with van der Waals surface area (Å²) in [5.74, 6) is 0.537. The van der Waals surface area contributed by atoms with Gasteiger partial charge in [-0.2, -0.15) is 0 Å². The minimum Gasteiger partial charge on any atom is -0.459 e. The topological polar surface area (TPSA) is 101 Å². The average molecular weight is 465 g/mol. The number of pyridine rings is 1. The molecule has 0 radical (unpaired) electrons. The van der Waals surface area contributed by atoms with Crippen LogP contribution in [0.2, 0.25) is 0 Å². The highest BCUT2D eigenvalue weighted by atomic mass is 16.5. The Kier molecular flexibility index (Phi) is 5.70. The van der Waals surface area contributed by atoms with Crippen molar-refractivity contribution in [1.82, 2.24) is 20.4 Å². The second kappa shape index (κ2) is 8.56. The van der Waals surface area contributed by atoms with Crippen molar-refractivity contribution >= 4 is 22.9 Å². The van der Waals surface area contributed by atoms with Crippen LogP contribution in [-0.4, -0.2) is 46.0 Å². The van der Waals surface area contributed by atoms with E-state index >= 15 is 0 Å². The molecule has 0 aromatic carbocycles. The minimum absolute atomic E-state index is 0.00217. The van der Waals surface area contributed by atoms with Gasteiger partial charge in [0.2, 0.25) is 0 Å². The van der Waals surface area contributed by atoms with Crippen LogP contribution in [0.15, 0.2) is 27.3 Å². The molecule has 3 aromatic heterocycles. The van der Waals surface area contributed by atoms with Crippen LogP contribution in [0.1, 0.15) is 90.2 Å². The Morgan fingerprint density at radius 1 is 1.18 bits per heavy atom. The SMILES string of the molecule is Cc1ccoc1C(=O)NC1CCN(C(=O)c2cc(C3CC3)nc3onc(CC(C)(C)C)c23)CC1. The van der Waals surface area contributed by atoms with E-state index in [-0.39, 0.29) is 23.3 Å². The predicted molar refractivity (Wildman–Crippen MR) is 127 cm³/mol. The van der Waals surface area contributed by atoms with Gasteiger partial charge in [-0.05, 0) is 56.6 Å². The van der Waals surface area contributed by atoms with Gasteiger partial charge in [0.05, 0.1) is 22.9 Å². The Balaban J connectivity index is 1.34. The van der Waals surface area contributed by atoms with Gasteiger partial charge in [-0.3, -0.25) is 9.59 Å². The van der Waals surface area contributed by atoms with Crippen molar-refractivity contribution in [2.45, 2.75) is 71.8 Å². The lowest BCUT2D eigenvalue weighted by Crippen LogP contribution is -2.46. The van der Waals surface area contributed by atoms with Gasteiger partial charge in [0.15, 0.2) is 5.76 Å². The number of carbonyl (C=O) groups is 2. The summed E-state index contributed by atoms with van der Waals surface area (Å²) >= 11 is 0. The summed E-state index contributed by atoms with van der Waals surface area (Å²) in [4.78, 5) is 32.8. The molecule has 1 saturated carbocycles. The molecule has 34 heavy (non-hydrogen) atoms. The lowest BCUT2D eigenvalue weighted by molar-refractivity contribution is 0.0697. The fourth-order valence-electron chi connectivity index (χ4n) is 4.66. The zero-order valence-corrected chi connectivity index (χ0v) is 20.3. The highest BCUT2D eigenvalue weighted by Gasteiger charge is 2.32. The van der Waals surface area contributed by atoms with Gasteiger partial charge in [0, 0.05) is 36.3 Å². The second-order valence-corrected chi connectivity index (χ2v) is 10.9. The van der Waals surface area contributed by atoms with Crippen LogP contribution < -0.4 is 5.32 Å². The van der Waals surface area contributed by atoms with Gasteiger partial charge in [-0.25, -0.2) is 4.98 Å². The number of hydrogen-bond donors (Lipinski definition) is 1. The fraction of sp³-hybridized carbons (Fsp3) is 0.538. The monoisotopic (exact) mass is 464 g/mol. The van der Waals surface area contributed by atoms with Crippen LogP contribution in [0.5, 0.6) is 0 Å². The summed E-state index contributed by atoms with van der Waals surface area (Å²) in [7, 11) is 0. The standard InChI is InChI=1S/C26H32N4O4/c1-15-9-12-33-22(15)23(31)27-17-7-10-30(11-8-17)25(32)18-13-19(16-5-6-16)28-24-21(18)20(29-34-24)14-26(2,3)4/h9,12-13,16-17H,5-8,10-11,14H2,1-4H3,(H,27,31). The van der Waals surface area contributed by atoms with Crippen LogP contribution in [-0.2, 0) is 6.42 Å². The van der Waals surface area contributed by atoms with Crippen molar-refractivity contribution in [1.29, 1.82) is 0 Å². The second-order valence-electron chi connectivity index (χ2n) is 10.9. The quantitative estimate of drug-likeness (QED) is 0.591. The van der Waals surface area contributed by atoms with Crippen molar-refractivity contribution in [2.24, 2.45) is 5.41 Å². The first-order valence-corrected chi connectivity index (χ1v) is 12.1. The van der Waals surface area contributed by atoms with E-state index in [1.807, 2.05) is 17.9 Å². The minimum atomic E-state index is -0.200. The van der Waals surface area contributed by atoms with Crippen molar-refractivity contribution in [3.63, 3.8) is 0 Å². The summed E-state index contributed by atoms with van der Waals surface area (Å²) < 4.78 is 10.9. The van der Waals surface area contributed by atoms with E-state index < -0.39 is 0 Å². The Labute approximate surface area is 199 Å². The Morgan fingerprint density at radius 2 is 1.91 bits per heavy atom. The van der Waals surface area contributed by atoms with E-state index in [0.717, 1.165) is 35.2 Å². The molecule has 2 aliphatic rings. The first-order valence-electron chi connectivity index (χ1n) is 12.1. The van der Waals surface area contributed by atoms with E-state index in [4.69, 9.17) is 13.9 Å². The van der Waals surface area contributed by atoms with Crippen LogP contribution in [0.25, 0.3) is 11.1 Å².